The van der Waals surface area contributed by atoms with E-state index in [4.69, 9.17) is 11.6 Å². The van der Waals surface area contributed by atoms with Crippen LogP contribution in [0, 0.1) is 12.8 Å². The van der Waals surface area contributed by atoms with Crippen molar-refractivity contribution in [1.82, 2.24) is 10.2 Å². The van der Waals surface area contributed by atoms with E-state index in [1.54, 1.807) is 6.07 Å². The summed E-state index contributed by atoms with van der Waals surface area (Å²) in [6.45, 7) is 5.53. The second-order valence-electron chi connectivity index (χ2n) is 5.90. The van der Waals surface area contributed by atoms with Crippen LogP contribution in [-0.2, 0) is 4.79 Å². The number of piperidine rings is 1. The van der Waals surface area contributed by atoms with Crippen molar-refractivity contribution in [2.75, 3.05) is 38.5 Å². The van der Waals surface area contributed by atoms with Crippen LogP contribution in [-0.4, -0.2) is 44.0 Å². The number of nitrogens with one attached hydrogen (secondary N) is 2. The van der Waals surface area contributed by atoms with Gasteiger partial charge in [0, 0.05) is 17.3 Å². The van der Waals surface area contributed by atoms with Gasteiger partial charge in [0.05, 0.1) is 6.54 Å². The zero-order valence-electron chi connectivity index (χ0n) is 12.8. The second-order valence-corrected chi connectivity index (χ2v) is 6.33. The number of hydrogen-bond acceptors (Lipinski definition) is 3. The molecule has 1 aliphatic rings. The molecule has 0 aromatic heterocycles. The summed E-state index contributed by atoms with van der Waals surface area (Å²) in [5.74, 6) is 0.703. The number of carbonyl (C=O) groups is 1. The Labute approximate surface area is 131 Å². The lowest BCUT2D eigenvalue weighted by Crippen LogP contribution is -2.37. The average molecular weight is 310 g/mol. The van der Waals surface area contributed by atoms with Crippen LogP contribution < -0.4 is 10.6 Å². The van der Waals surface area contributed by atoms with Crippen molar-refractivity contribution in [2.45, 2.75) is 19.8 Å². The van der Waals surface area contributed by atoms with Crippen LogP contribution >= 0.6 is 11.6 Å². The molecule has 0 spiro atoms. The molecular formula is C16H24ClN3O. The van der Waals surface area contributed by atoms with Crippen molar-refractivity contribution in [1.29, 1.82) is 0 Å². The number of halogens is 1. The molecule has 0 unspecified atom stereocenters. The van der Waals surface area contributed by atoms with E-state index in [0.717, 1.165) is 30.9 Å². The Morgan fingerprint density at radius 1 is 1.43 bits per heavy atom. The Balaban J connectivity index is 1.81. The van der Waals surface area contributed by atoms with Crippen LogP contribution in [0.4, 0.5) is 5.69 Å². The highest BCUT2D eigenvalue weighted by Gasteiger charge is 2.16. The molecule has 1 amide bonds. The maximum atomic E-state index is 12.1. The van der Waals surface area contributed by atoms with Crippen LogP contribution in [0.15, 0.2) is 18.2 Å². The van der Waals surface area contributed by atoms with Gasteiger partial charge < -0.3 is 10.6 Å². The lowest BCUT2D eigenvalue weighted by molar-refractivity contribution is -0.117. The number of rotatable bonds is 5. The topological polar surface area (TPSA) is 44.4 Å². The third kappa shape index (κ3) is 5.30. The molecule has 1 heterocycles. The molecule has 1 saturated heterocycles. The van der Waals surface area contributed by atoms with Crippen LogP contribution in [0.1, 0.15) is 18.4 Å². The molecule has 21 heavy (non-hydrogen) atoms. The summed E-state index contributed by atoms with van der Waals surface area (Å²) in [6, 6.07) is 5.54. The molecule has 116 valence electrons. The first-order valence-electron chi connectivity index (χ1n) is 7.50. The third-order valence-electron chi connectivity index (χ3n) is 3.92. The van der Waals surface area contributed by atoms with Crippen LogP contribution in [0.5, 0.6) is 0 Å². The Morgan fingerprint density at radius 2 is 2.14 bits per heavy atom. The Hall–Kier alpha value is -1.10. The van der Waals surface area contributed by atoms with Crippen molar-refractivity contribution in [3.63, 3.8) is 0 Å². The number of carbonyl (C=O) groups excluding carboxylic acids is 1. The monoisotopic (exact) mass is 309 g/mol. The Morgan fingerprint density at radius 3 is 2.86 bits per heavy atom. The van der Waals surface area contributed by atoms with E-state index in [1.165, 1.54) is 12.8 Å². The first-order valence-corrected chi connectivity index (χ1v) is 7.87. The summed E-state index contributed by atoms with van der Waals surface area (Å²) in [4.78, 5) is 14.2. The molecule has 0 radical (unpaired) electrons. The number of aryl methyl sites for hydroxylation is 1. The quantitative estimate of drug-likeness (QED) is 0.878. The molecule has 2 rings (SSSR count). The van der Waals surface area contributed by atoms with Crippen LogP contribution in [0.3, 0.4) is 0 Å². The number of likely N-dealkylation sites (N-methyl/N-ethyl adjacent to an activating group) is 1. The number of amides is 1. The smallest absolute Gasteiger partial charge is 0.238 e. The summed E-state index contributed by atoms with van der Waals surface area (Å²) in [6.07, 6.45) is 2.39. The number of hydrogen-bond donors (Lipinski definition) is 2. The van der Waals surface area contributed by atoms with Gasteiger partial charge in [0.15, 0.2) is 0 Å². The minimum Gasteiger partial charge on any atom is -0.325 e. The van der Waals surface area contributed by atoms with E-state index in [9.17, 15) is 4.79 Å². The minimum atomic E-state index is 0.0109. The lowest BCUT2D eigenvalue weighted by Gasteiger charge is -2.27. The Kier molecular flexibility index (Phi) is 6.03. The molecule has 0 bridgehead atoms. The maximum absolute atomic E-state index is 12.1. The molecule has 0 saturated carbocycles. The molecule has 5 heteroatoms. The average Bonchev–Trinajstić information content (AvgIpc) is 2.43. The third-order valence-corrected chi connectivity index (χ3v) is 4.15. The fraction of sp³-hybridized carbons (Fsp3) is 0.562. The first kappa shape index (κ1) is 16.3. The van der Waals surface area contributed by atoms with Gasteiger partial charge in [-0.3, -0.25) is 9.69 Å². The molecule has 0 atom stereocenters. The number of benzene rings is 1. The van der Waals surface area contributed by atoms with Crippen LogP contribution in [0.2, 0.25) is 5.02 Å². The van der Waals surface area contributed by atoms with Gasteiger partial charge in [0.1, 0.15) is 0 Å². The highest BCUT2D eigenvalue weighted by atomic mass is 35.5. The highest BCUT2D eigenvalue weighted by Crippen LogP contribution is 2.20. The zero-order chi connectivity index (χ0) is 15.2. The summed E-state index contributed by atoms with van der Waals surface area (Å²) in [5, 5.41) is 6.94. The van der Waals surface area contributed by atoms with Crippen LogP contribution in [0.25, 0.3) is 0 Å². The molecule has 1 aromatic rings. The SMILES string of the molecule is Cc1ccc(Cl)cc1NC(=O)CN(C)CC1CCNCC1. The molecule has 4 nitrogen and oxygen atoms in total. The lowest BCUT2D eigenvalue weighted by atomic mass is 9.98. The van der Waals surface area contributed by atoms with Crippen molar-refractivity contribution >= 4 is 23.2 Å². The van der Waals surface area contributed by atoms with Crippen molar-refractivity contribution in [3.8, 4) is 0 Å². The second kappa shape index (κ2) is 7.78. The predicted molar refractivity (Wildman–Crippen MR) is 87.9 cm³/mol. The highest BCUT2D eigenvalue weighted by molar-refractivity contribution is 6.31. The minimum absolute atomic E-state index is 0.0109. The van der Waals surface area contributed by atoms with E-state index in [1.807, 2.05) is 26.1 Å². The van der Waals surface area contributed by atoms with E-state index in [-0.39, 0.29) is 5.91 Å². The Bertz CT molecular complexity index is 486. The molecule has 1 aromatic carbocycles. The van der Waals surface area contributed by atoms with E-state index in [2.05, 4.69) is 15.5 Å². The normalized spacial score (nSPS) is 16.2. The van der Waals surface area contributed by atoms with Gasteiger partial charge in [0.2, 0.25) is 5.91 Å². The van der Waals surface area contributed by atoms with Crippen molar-refractivity contribution in [3.05, 3.63) is 28.8 Å². The fourth-order valence-electron chi connectivity index (χ4n) is 2.73. The first-order chi connectivity index (χ1) is 10.0. The summed E-state index contributed by atoms with van der Waals surface area (Å²) < 4.78 is 0. The van der Waals surface area contributed by atoms with Gasteiger partial charge in [-0.15, -0.1) is 0 Å². The van der Waals surface area contributed by atoms with E-state index < -0.39 is 0 Å². The summed E-state index contributed by atoms with van der Waals surface area (Å²) in [7, 11) is 2.01. The molecule has 0 aliphatic carbocycles. The van der Waals surface area contributed by atoms with Gasteiger partial charge in [-0.25, -0.2) is 0 Å². The van der Waals surface area contributed by atoms with Gasteiger partial charge in [0.25, 0.3) is 0 Å². The molecular weight excluding hydrogens is 286 g/mol. The summed E-state index contributed by atoms with van der Waals surface area (Å²) >= 11 is 5.97. The van der Waals surface area contributed by atoms with Gasteiger partial charge in [-0.2, -0.15) is 0 Å². The standard InChI is InChI=1S/C16H24ClN3O/c1-12-3-4-14(17)9-15(12)19-16(21)11-20(2)10-13-5-7-18-8-6-13/h3-4,9,13,18H,5-8,10-11H2,1-2H3,(H,19,21). The zero-order valence-corrected chi connectivity index (χ0v) is 13.5. The van der Waals surface area contributed by atoms with E-state index >= 15 is 0 Å². The number of nitrogens with zero attached hydrogens (tertiary/aromatic N) is 1. The van der Waals surface area contributed by atoms with E-state index in [0.29, 0.717) is 17.5 Å². The number of anilines is 1. The van der Waals surface area contributed by atoms with Gasteiger partial charge in [-0.05, 0) is 63.5 Å². The maximum Gasteiger partial charge on any atom is 0.238 e. The summed E-state index contributed by atoms with van der Waals surface area (Å²) in [5.41, 5.74) is 1.82. The molecule has 1 aliphatic heterocycles. The fourth-order valence-corrected chi connectivity index (χ4v) is 2.91. The molecule has 2 N–H and O–H groups in total. The van der Waals surface area contributed by atoms with Gasteiger partial charge >= 0.3 is 0 Å². The van der Waals surface area contributed by atoms with Crippen molar-refractivity contribution in [2.24, 2.45) is 5.92 Å². The largest absolute Gasteiger partial charge is 0.325 e. The van der Waals surface area contributed by atoms with Crippen molar-refractivity contribution < 1.29 is 4.79 Å². The van der Waals surface area contributed by atoms with Gasteiger partial charge in [-0.1, -0.05) is 17.7 Å². The molecule has 1 fully saturated rings. The predicted octanol–water partition coefficient (Wildman–Crippen LogP) is 2.52.